The smallest absolute Gasteiger partial charge is 0.411 e. The van der Waals surface area contributed by atoms with Crippen LogP contribution in [0, 0.1) is 12.3 Å². The van der Waals surface area contributed by atoms with Crippen molar-refractivity contribution in [2.75, 3.05) is 13.7 Å². The molecule has 0 radical (unpaired) electrons. The van der Waals surface area contributed by atoms with Crippen molar-refractivity contribution in [2.24, 2.45) is 0 Å². The number of carbonyl (C=O) groups is 2. The van der Waals surface area contributed by atoms with Crippen molar-refractivity contribution in [3.8, 4) is 12.3 Å². The predicted octanol–water partition coefficient (Wildman–Crippen LogP) is 1.99. The molecule has 0 N–H and O–H groups in total. The van der Waals surface area contributed by atoms with Crippen LogP contribution in [0.3, 0.4) is 0 Å². The molecule has 0 heterocycles. The number of hydrogen-bond donors (Lipinski definition) is 0. The van der Waals surface area contributed by atoms with Crippen LogP contribution >= 0.6 is 0 Å². The Kier molecular flexibility index (Phi) is 6.55. The molecule has 0 saturated heterocycles. The molecule has 5 nitrogen and oxygen atoms in total. The lowest BCUT2D eigenvalue weighted by Gasteiger charge is -2.25. The highest BCUT2D eigenvalue weighted by molar-refractivity contribution is 5.83. The fourth-order valence-corrected chi connectivity index (χ4v) is 1.65. The largest absolute Gasteiger partial charge is 0.467 e. The van der Waals surface area contributed by atoms with Crippen LogP contribution in [0.15, 0.2) is 43.0 Å². The standard InChI is InChI=1S/C16H17NO4/c1-4-11-17(14(5-2)15(18)20-3)16(19)21-12-13-9-7-6-8-10-13/h1,5-10,14H,2,11-12H2,3H3/t14-/m0/s1. The minimum atomic E-state index is -0.977. The van der Waals surface area contributed by atoms with E-state index in [-0.39, 0.29) is 13.2 Å². The summed E-state index contributed by atoms with van der Waals surface area (Å²) in [4.78, 5) is 24.8. The van der Waals surface area contributed by atoms with Crippen LogP contribution in [-0.4, -0.2) is 36.7 Å². The van der Waals surface area contributed by atoms with Crippen LogP contribution in [-0.2, 0) is 20.9 Å². The third-order valence-corrected chi connectivity index (χ3v) is 2.70. The van der Waals surface area contributed by atoms with Gasteiger partial charge in [-0.1, -0.05) is 42.3 Å². The van der Waals surface area contributed by atoms with E-state index in [1.807, 2.05) is 30.3 Å². The Hall–Kier alpha value is -2.74. The number of ether oxygens (including phenoxy) is 2. The van der Waals surface area contributed by atoms with Gasteiger partial charge in [-0.2, -0.15) is 0 Å². The van der Waals surface area contributed by atoms with E-state index in [2.05, 4.69) is 17.2 Å². The van der Waals surface area contributed by atoms with E-state index in [1.165, 1.54) is 13.2 Å². The maximum absolute atomic E-state index is 12.1. The average molecular weight is 287 g/mol. The third-order valence-electron chi connectivity index (χ3n) is 2.70. The fourth-order valence-electron chi connectivity index (χ4n) is 1.65. The van der Waals surface area contributed by atoms with E-state index in [0.29, 0.717) is 0 Å². The lowest BCUT2D eigenvalue weighted by Crippen LogP contribution is -2.44. The van der Waals surface area contributed by atoms with Gasteiger partial charge in [-0.3, -0.25) is 4.90 Å². The van der Waals surface area contributed by atoms with Crippen molar-refractivity contribution in [2.45, 2.75) is 12.6 Å². The monoisotopic (exact) mass is 287 g/mol. The molecule has 1 amide bonds. The molecule has 0 aliphatic rings. The minimum absolute atomic E-state index is 0.0839. The highest BCUT2D eigenvalue weighted by atomic mass is 16.6. The van der Waals surface area contributed by atoms with Crippen molar-refractivity contribution >= 4 is 12.1 Å². The lowest BCUT2D eigenvalue weighted by molar-refractivity contribution is -0.144. The number of rotatable bonds is 6. The summed E-state index contributed by atoms with van der Waals surface area (Å²) < 4.78 is 9.77. The quantitative estimate of drug-likeness (QED) is 0.456. The Labute approximate surface area is 124 Å². The molecular weight excluding hydrogens is 270 g/mol. The van der Waals surface area contributed by atoms with E-state index < -0.39 is 18.1 Å². The van der Waals surface area contributed by atoms with Gasteiger partial charge in [-0.25, -0.2) is 9.59 Å². The van der Waals surface area contributed by atoms with Crippen molar-refractivity contribution < 1.29 is 19.1 Å². The molecule has 0 fully saturated rings. The number of carbonyl (C=O) groups excluding carboxylic acids is 2. The molecule has 1 rings (SSSR count). The fraction of sp³-hybridized carbons (Fsp3) is 0.250. The Morgan fingerprint density at radius 2 is 2.10 bits per heavy atom. The molecule has 0 bridgehead atoms. The van der Waals surface area contributed by atoms with E-state index in [4.69, 9.17) is 11.2 Å². The summed E-state index contributed by atoms with van der Waals surface area (Å²) in [5.41, 5.74) is 0.833. The average Bonchev–Trinajstić information content (AvgIpc) is 2.53. The molecular formula is C16H17NO4. The zero-order valence-electron chi connectivity index (χ0n) is 11.8. The van der Waals surface area contributed by atoms with Crippen molar-refractivity contribution in [1.82, 2.24) is 4.90 Å². The molecule has 1 aromatic carbocycles. The summed E-state index contributed by atoms with van der Waals surface area (Å²) in [5, 5.41) is 0. The van der Waals surface area contributed by atoms with Crippen LogP contribution in [0.5, 0.6) is 0 Å². The number of amides is 1. The zero-order valence-corrected chi connectivity index (χ0v) is 11.8. The van der Waals surface area contributed by atoms with Crippen molar-refractivity contribution in [3.05, 3.63) is 48.6 Å². The molecule has 0 aliphatic carbocycles. The van der Waals surface area contributed by atoms with E-state index in [1.54, 1.807) is 0 Å². The van der Waals surface area contributed by atoms with Crippen LogP contribution in [0.2, 0.25) is 0 Å². The van der Waals surface area contributed by atoms with Crippen molar-refractivity contribution in [3.63, 3.8) is 0 Å². The van der Waals surface area contributed by atoms with Gasteiger partial charge < -0.3 is 9.47 Å². The van der Waals surface area contributed by atoms with Gasteiger partial charge in [0.05, 0.1) is 13.7 Å². The Morgan fingerprint density at radius 1 is 1.43 bits per heavy atom. The second-order valence-corrected chi connectivity index (χ2v) is 4.08. The van der Waals surface area contributed by atoms with Gasteiger partial charge in [0.1, 0.15) is 6.61 Å². The van der Waals surface area contributed by atoms with E-state index in [9.17, 15) is 9.59 Å². The molecule has 1 atom stereocenters. The molecule has 1 aromatic rings. The maximum Gasteiger partial charge on any atom is 0.411 e. The highest BCUT2D eigenvalue weighted by Crippen LogP contribution is 2.08. The highest BCUT2D eigenvalue weighted by Gasteiger charge is 2.28. The number of methoxy groups -OCH3 is 1. The molecule has 5 heteroatoms. The number of nitrogens with zero attached hydrogens (tertiary/aromatic N) is 1. The van der Waals surface area contributed by atoms with E-state index >= 15 is 0 Å². The van der Waals surface area contributed by atoms with Crippen molar-refractivity contribution in [1.29, 1.82) is 0 Å². The SMILES string of the molecule is C#CCN(C(=O)OCc1ccccc1)[C@@H](C=C)C(=O)OC. The van der Waals surface area contributed by atoms with Crippen LogP contribution in [0.1, 0.15) is 5.56 Å². The first-order chi connectivity index (χ1) is 10.1. The van der Waals surface area contributed by atoms with Gasteiger partial charge in [0.15, 0.2) is 6.04 Å². The Bertz CT molecular complexity index is 533. The second-order valence-electron chi connectivity index (χ2n) is 4.08. The molecule has 0 saturated carbocycles. The van der Waals surface area contributed by atoms with Gasteiger partial charge in [0.25, 0.3) is 0 Å². The Morgan fingerprint density at radius 3 is 2.62 bits per heavy atom. The number of hydrogen-bond acceptors (Lipinski definition) is 4. The van der Waals surface area contributed by atoms with E-state index in [0.717, 1.165) is 10.5 Å². The predicted molar refractivity (Wildman–Crippen MR) is 78.2 cm³/mol. The Balaban J connectivity index is 2.75. The molecule has 0 aliphatic heterocycles. The molecule has 0 spiro atoms. The molecule has 0 aromatic heterocycles. The number of terminal acetylenes is 1. The maximum atomic E-state index is 12.1. The van der Waals surface area contributed by atoms with Crippen LogP contribution < -0.4 is 0 Å². The summed E-state index contributed by atoms with van der Waals surface area (Å²) >= 11 is 0. The summed E-state index contributed by atoms with van der Waals surface area (Å²) in [6.45, 7) is 3.52. The number of esters is 1. The zero-order chi connectivity index (χ0) is 15.7. The van der Waals surface area contributed by atoms with Crippen LogP contribution in [0.25, 0.3) is 0 Å². The summed E-state index contributed by atoms with van der Waals surface area (Å²) in [6.07, 6.45) is 5.81. The summed E-state index contributed by atoms with van der Waals surface area (Å²) in [5.74, 6) is 1.68. The number of benzene rings is 1. The lowest BCUT2D eigenvalue weighted by atomic mass is 10.2. The molecule has 0 unspecified atom stereocenters. The first kappa shape index (κ1) is 16.3. The first-order valence-electron chi connectivity index (χ1n) is 6.25. The van der Waals surface area contributed by atoms with Gasteiger partial charge in [0.2, 0.25) is 0 Å². The normalized spacial score (nSPS) is 10.9. The summed E-state index contributed by atoms with van der Waals surface area (Å²) in [7, 11) is 1.22. The first-order valence-corrected chi connectivity index (χ1v) is 6.25. The van der Waals surface area contributed by atoms with Gasteiger partial charge in [-0.05, 0) is 5.56 Å². The van der Waals surface area contributed by atoms with Gasteiger partial charge in [0, 0.05) is 0 Å². The minimum Gasteiger partial charge on any atom is -0.467 e. The summed E-state index contributed by atoms with van der Waals surface area (Å²) in [6, 6.07) is 8.20. The molecule has 110 valence electrons. The second kappa shape index (κ2) is 8.43. The topological polar surface area (TPSA) is 55.8 Å². The van der Waals surface area contributed by atoms with Gasteiger partial charge in [-0.15, -0.1) is 13.0 Å². The van der Waals surface area contributed by atoms with Crippen LogP contribution in [0.4, 0.5) is 4.79 Å². The molecule has 21 heavy (non-hydrogen) atoms. The third kappa shape index (κ3) is 4.69. The van der Waals surface area contributed by atoms with Gasteiger partial charge >= 0.3 is 12.1 Å².